The molecule has 1 saturated heterocycles. The number of piperidine rings is 1. The van der Waals surface area contributed by atoms with Crippen LogP contribution in [0.3, 0.4) is 0 Å². The quantitative estimate of drug-likeness (QED) is 0.788. The topological polar surface area (TPSA) is 87.2 Å². The van der Waals surface area contributed by atoms with E-state index in [0.717, 1.165) is 0 Å². The van der Waals surface area contributed by atoms with Gasteiger partial charge in [-0.3, -0.25) is 9.59 Å². The highest BCUT2D eigenvalue weighted by Crippen LogP contribution is 2.31. The number of amides is 2. The SMILES string of the molecule is COC(=O)CN(C(=O)N1CCC(C)(C(=O)O)CC1)C(C)C. The number of hydrogen-bond donors (Lipinski definition) is 1. The summed E-state index contributed by atoms with van der Waals surface area (Å²) >= 11 is 0. The van der Waals surface area contributed by atoms with Gasteiger partial charge in [0, 0.05) is 19.1 Å². The molecule has 0 saturated carbocycles. The number of carbonyl (C=O) groups excluding carboxylic acids is 2. The van der Waals surface area contributed by atoms with Crippen LogP contribution >= 0.6 is 0 Å². The maximum Gasteiger partial charge on any atom is 0.325 e. The minimum Gasteiger partial charge on any atom is -0.481 e. The van der Waals surface area contributed by atoms with Gasteiger partial charge in [0.15, 0.2) is 0 Å². The van der Waals surface area contributed by atoms with Gasteiger partial charge in [-0.1, -0.05) is 0 Å². The molecule has 1 heterocycles. The number of methoxy groups -OCH3 is 1. The molecule has 1 fully saturated rings. The van der Waals surface area contributed by atoms with E-state index in [0.29, 0.717) is 25.9 Å². The van der Waals surface area contributed by atoms with Crippen LogP contribution in [0.15, 0.2) is 0 Å². The number of nitrogens with zero attached hydrogens (tertiary/aromatic N) is 2. The zero-order valence-electron chi connectivity index (χ0n) is 13.1. The number of urea groups is 1. The maximum absolute atomic E-state index is 12.5. The average molecular weight is 300 g/mol. The molecule has 0 unspecified atom stereocenters. The maximum atomic E-state index is 12.5. The molecule has 21 heavy (non-hydrogen) atoms. The molecule has 0 spiro atoms. The van der Waals surface area contributed by atoms with Gasteiger partial charge in [0.25, 0.3) is 0 Å². The summed E-state index contributed by atoms with van der Waals surface area (Å²) in [5.41, 5.74) is -0.776. The van der Waals surface area contributed by atoms with E-state index in [1.165, 1.54) is 12.0 Å². The number of rotatable bonds is 4. The van der Waals surface area contributed by atoms with E-state index in [1.54, 1.807) is 11.8 Å². The Morgan fingerprint density at radius 2 is 1.81 bits per heavy atom. The lowest BCUT2D eigenvalue weighted by atomic mass is 9.80. The summed E-state index contributed by atoms with van der Waals surface area (Å²) in [5, 5.41) is 9.20. The van der Waals surface area contributed by atoms with Crippen LogP contribution in [0, 0.1) is 5.41 Å². The van der Waals surface area contributed by atoms with Crippen LogP contribution in [-0.2, 0) is 14.3 Å². The van der Waals surface area contributed by atoms with Crippen LogP contribution in [-0.4, -0.2) is 65.7 Å². The average Bonchev–Trinajstić information content (AvgIpc) is 2.44. The van der Waals surface area contributed by atoms with E-state index in [9.17, 15) is 19.5 Å². The Balaban J connectivity index is 2.70. The predicted molar refractivity (Wildman–Crippen MR) is 75.8 cm³/mol. The second-order valence-corrected chi connectivity index (χ2v) is 5.93. The first-order chi connectivity index (χ1) is 9.71. The molecule has 1 rings (SSSR count). The van der Waals surface area contributed by atoms with E-state index < -0.39 is 17.4 Å². The monoisotopic (exact) mass is 300 g/mol. The summed E-state index contributed by atoms with van der Waals surface area (Å²) in [4.78, 5) is 38.1. The molecule has 0 aromatic rings. The molecule has 1 aliphatic heterocycles. The Bertz CT molecular complexity index is 414. The highest BCUT2D eigenvalue weighted by Gasteiger charge is 2.39. The van der Waals surface area contributed by atoms with E-state index in [4.69, 9.17) is 0 Å². The number of hydrogen-bond acceptors (Lipinski definition) is 4. The van der Waals surface area contributed by atoms with Crippen LogP contribution in [0.25, 0.3) is 0 Å². The highest BCUT2D eigenvalue weighted by atomic mass is 16.5. The first kappa shape index (κ1) is 17.3. The minimum atomic E-state index is -0.829. The summed E-state index contributed by atoms with van der Waals surface area (Å²) < 4.78 is 4.60. The first-order valence-electron chi connectivity index (χ1n) is 7.07. The van der Waals surface area contributed by atoms with Crippen molar-refractivity contribution in [2.75, 3.05) is 26.7 Å². The Hall–Kier alpha value is -1.79. The van der Waals surface area contributed by atoms with E-state index in [-0.39, 0.29) is 18.6 Å². The number of carboxylic acid groups (broad SMARTS) is 1. The van der Waals surface area contributed by atoms with Crippen LogP contribution < -0.4 is 0 Å². The van der Waals surface area contributed by atoms with Crippen LogP contribution in [0.4, 0.5) is 4.79 Å². The van der Waals surface area contributed by atoms with Crippen molar-refractivity contribution in [3.05, 3.63) is 0 Å². The predicted octanol–water partition coefficient (Wildman–Crippen LogP) is 1.18. The Labute approximate surface area is 124 Å². The fourth-order valence-electron chi connectivity index (χ4n) is 2.26. The van der Waals surface area contributed by atoms with Crippen molar-refractivity contribution in [2.24, 2.45) is 5.41 Å². The lowest BCUT2D eigenvalue weighted by molar-refractivity contribution is -0.150. The molecule has 0 aromatic heterocycles. The minimum absolute atomic E-state index is 0.0975. The molecule has 120 valence electrons. The Kier molecular flexibility index (Phi) is 5.57. The third-order valence-corrected chi connectivity index (χ3v) is 4.05. The zero-order valence-corrected chi connectivity index (χ0v) is 13.1. The highest BCUT2D eigenvalue weighted by molar-refractivity contribution is 5.81. The molecule has 7 nitrogen and oxygen atoms in total. The first-order valence-corrected chi connectivity index (χ1v) is 7.07. The van der Waals surface area contributed by atoms with E-state index in [1.807, 2.05) is 13.8 Å². The zero-order chi connectivity index (χ0) is 16.2. The van der Waals surface area contributed by atoms with Gasteiger partial charge in [-0.05, 0) is 33.6 Å². The van der Waals surface area contributed by atoms with E-state index >= 15 is 0 Å². The fraction of sp³-hybridized carbons (Fsp3) is 0.786. The lowest BCUT2D eigenvalue weighted by Crippen LogP contribution is -2.53. The van der Waals surface area contributed by atoms with E-state index in [2.05, 4.69) is 4.74 Å². The number of esters is 1. The smallest absolute Gasteiger partial charge is 0.325 e. The molecule has 0 radical (unpaired) electrons. The van der Waals surface area contributed by atoms with Gasteiger partial charge >= 0.3 is 18.0 Å². The molecule has 7 heteroatoms. The fourth-order valence-corrected chi connectivity index (χ4v) is 2.26. The van der Waals surface area contributed by atoms with Gasteiger partial charge < -0.3 is 19.6 Å². The second-order valence-electron chi connectivity index (χ2n) is 5.93. The molecule has 0 aromatic carbocycles. The van der Waals surface area contributed by atoms with Crippen molar-refractivity contribution in [1.29, 1.82) is 0 Å². The number of ether oxygens (including phenoxy) is 1. The summed E-state index contributed by atoms with van der Waals surface area (Å²) in [6.45, 7) is 6.02. The van der Waals surface area contributed by atoms with Gasteiger partial charge in [-0.25, -0.2) is 4.79 Å². The molecule has 1 N–H and O–H groups in total. The van der Waals surface area contributed by atoms with Crippen molar-refractivity contribution >= 4 is 18.0 Å². The van der Waals surface area contributed by atoms with Crippen molar-refractivity contribution in [1.82, 2.24) is 9.80 Å². The van der Waals surface area contributed by atoms with Crippen molar-refractivity contribution in [3.8, 4) is 0 Å². The van der Waals surface area contributed by atoms with Gasteiger partial charge in [0.1, 0.15) is 6.54 Å². The molecular formula is C14H24N2O5. The molecule has 1 aliphatic rings. The number of aliphatic carboxylic acids is 1. The normalized spacial score (nSPS) is 17.5. The third-order valence-electron chi connectivity index (χ3n) is 4.05. The van der Waals surface area contributed by atoms with Crippen LogP contribution in [0.5, 0.6) is 0 Å². The number of likely N-dealkylation sites (tertiary alicyclic amines) is 1. The van der Waals surface area contributed by atoms with Crippen LogP contribution in [0.1, 0.15) is 33.6 Å². The molecule has 0 aliphatic carbocycles. The molecular weight excluding hydrogens is 276 g/mol. The summed E-state index contributed by atoms with van der Waals surface area (Å²) in [5.74, 6) is -1.30. The number of carboxylic acids is 1. The summed E-state index contributed by atoms with van der Waals surface area (Å²) in [6.07, 6.45) is 0.830. The lowest BCUT2D eigenvalue weighted by Gasteiger charge is -2.39. The Morgan fingerprint density at radius 3 is 2.19 bits per heavy atom. The van der Waals surface area contributed by atoms with Crippen LogP contribution in [0.2, 0.25) is 0 Å². The van der Waals surface area contributed by atoms with Crippen molar-refractivity contribution in [2.45, 2.75) is 39.7 Å². The largest absolute Gasteiger partial charge is 0.481 e. The standard InChI is InChI=1S/C14H24N2O5/c1-10(2)16(9-11(17)21-4)13(20)15-7-5-14(3,6-8-15)12(18)19/h10H,5-9H2,1-4H3,(H,18,19). The van der Waals surface area contributed by atoms with Gasteiger partial charge in [0.2, 0.25) is 0 Å². The number of carbonyl (C=O) groups is 3. The summed E-state index contributed by atoms with van der Waals surface area (Å²) in [7, 11) is 1.28. The summed E-state index contributed by atoms with van der Waals surface area (Å²) in [6, 6.07) is -0.382. The molecule has 2 amide bonds. The van der Waals surface area contributed by atoms with Gasteiger partial charge in [-0.15, -0.1) is 0 Å². The molecule has 0 atom stereocenters. The second kappa shape index (κ2) is 6.78. The van der Waals surface area contributed by atoms with Gasteiger partial charge in [-0.2, -0.15) is 0 Å². The van der Waals surface area contributed by atoms with Gasteiger partial charge in [0.05, 0.1) is 12.5 Å². The molecule has 0 bridgehead atoms. The van der Waals surface area contributed by atoms with Crippen molar-refractivity contribution < 1.29 is 24.2 Å². The van der Waals surface area contributed by atoms with Crippen molar-refractivity contribution in [3.63, 3.8) is 0 Å². The third kappa shape index (κ3) is 4.09. The Morgan fingerprint density at radius 1 is 1.29 bits per heavy atom.